The van der Waals surface area contributed by atoms with Gasteiger partial charge in [-0.15, -0.1) is 0 Å². The van der Waals surface area contributed by atoms with E-state index in [9.17, 15) is 21.6 Å². The molecule has 0 unspecified atom stereocenters. The fraction of sp³-hybridized carbons (Fsp3) is 0.190. The van der Waals surface area contributed by atoms with Gasteiger partial charge >= 0.3 is 0 Å². The normalized spacial score (nSPS) is 11.5. The third-order valence-electron chi connectivity index (χ3n) is 4.58. The van der Waals surface area contributed by atoms with Crippen LogP contribution < -0.4 is 19.5 Å². The van der Waals surface area contributed by atoms with Crippen LogP contribution >= 0.6 is 0 Å². The number of ether oxygens (including phenoxy) is 1. The van der Waals surface area contributed by atoms with Crippen molar-refractivity contribution >= 4 is 37.6 Å². The fourth-order valence-electron chi connectivity index (χ4n) is 3.03. The Morgan fingerprint density at radius 2 is 1.38 bits per heavy atom. The van der Waals surface area contributed by atoms with E-state index in [0.29, 0.717) is 11.4 Å². The summed E-state index contributed by atoms with van der Waals surface area (Å²) in [6.45, 7) is 3.43. The summed E-state index contributed by atoms with van der Waals surface area (Å²) in [6.07, 6.45) is 0. The van der Waals surface area contributed by atoms with Crippen molar-refractivity contribution in [2.45, 2.75) is 23.6 Å². The Hall–Kier alpha value is -3.71. The maximum absolute atomic E-state index is 12.8. The number of rotatable bonds is 8. The van der Waals surface area contributed by atoms with Crippen LogP contribution in [0, 0.1) is 13.8 Å². The van der Waals surface area contributed by atoms with Gasteiger partial charge in [0.25, 0.3) is 26.0 Å². The summed E-state index contributed by atoms with van der Waals surface area (Å²) >= 11 is 0. The van der Waals surface area contributed by atoms with Crippen molar-refractivity contribution in [2.24, 2.45) is 0 Å². The average Bonchev–Trinajstić information content (AvgIpc) is 2.77. The first kappa shape index (κ1) is 24.9. The Balaban J connectivity index is 1.83. The summed E-state index contributed by atoms with van der Waals surface area (Å²) in [5, 5.41) is 2.42. The lowest BCUT2D eigenvalue weighted by Crippen LogP contribution is -2.20. The number of nitrogens with zero attached hydrogens (tertiary/aromatic N) is 2. The molecule has 3 rings (SSSR count). The monoisotopic (exact) mass is 505 g/mol. The molecule has 0 atom stereocenters. The molecule has 0 saturated heterocycles. The molecule has 0 fully saturated rings. The Morgan fingerprint density at radius 1 is 0.824 bits per heavy atom. The van der Waals surface area contributed by atoms with Crippen LogP contribution in [0.1, 0.15) is 21.7 Å². The number of sulfonamides is 2. The van der Waals surface area contributed by atoms with Crippen molar-refractivity contribution in [3.05, 3.63) is 65.5 Å². The first-order valence-electron chi connectivity index (χ1n) is 9.83. The second-order valence-corrected chi connectivity index (χ2v) is 10.5. The molecule has 13 heteroatoms. The second-order valence-electron chi connectivity index (χ2n) is 7.15. The van der Waals surface area contributed by atoms with Crippen LogP contribution in [0.15, 0.2) is 58.3 Å². The van der Waals surface area contributed by atoms with Crippen LogP contribution in [0.4, 0.5) is 11.6 Å². The first-order chi connectivity index (χ1) is 15.9. The minimum atomic E-state index is -4.08. The minimum Gasteiger partial charge on any atom is -0.496 e. The van der Waals surface area contributed by atoms with Crippen LogP contribution in [0.2, 0.25) is 0 Å². The van der Waals surface area contributed by atoms with Gasteiger partial charge in [-0.25, -0.2) is 31.5 Å². The van der Waals surface area contributed by atoms with E-state index in [1.165, 1.54) is 56.6 Å². The van der Waals surface area contributed by atoms with E-state index in [2.05, 4.69) is 24.7 Å². The van der Waals surface area contributed by atoms with Gasteiger partial charge in [-0.2, -0.15) is 0 Å². The SMILES string of the molecule is CNC(=O)c1cc(S(=O)(=O)Nc2ccc(S(=O)(=O)Nc3nc(C)cc(C)n3)cc2)ccc1OC. The van der Waals surface area contributed by atoms with Gasteiger partial charge in [-0.3, -0.25) is 9.52 Å². The number of methoxy groups -OCH3 is 1. The fourth-order valence-corrected chi connectivity index (χ4v) is 5.06. The number of amides is 1. The highest BCUT2D eigenvalue weighted by Crippen LogP contribution is 2.25. The summed E-state index contributed by atoms with van der Waals surface area (Å²) < 4.78 is 60.7. The van der Waals surface area contributed by atoms with Crippen molar-refractivity contribution < 1.29 is 26.4 Å². The Morgan fingerprint density at radius 3 is 1.94 bits per heavy atom. The zero-order valence-electron chi connectivity index (χ0n) is 18.8. The summed E-state index contributed by atoms with van der Waals surface area (Å²) in [4.78, 5) is 19.9. The van der Waals surface area contributed by atoms with Crippen molar-refractivity contribution in [3.63, 3.8) is 0 Å². The van der Waals surface area contributed by atoms with E-state index in [1.54, 1.807) is 19.9 Å². The number of anilines is 2. The molecule has 0 radical (unpaired) electrons. The van der Waals surface area contributed by atoms with Gasteiger partial charge in [0, 0.05) is 24.1 Å². The zero-order chi connectivity index (χ0) is 25.1. The smallest absolute Gasteiger partial charge is 0.264 e. The summed E-state index contributed by atoms with van der Waals surface area (Å²) in [6, 6.07) is 10.6. The van der Waals surface area contributed by atoms with Crippen LogP contribution in [0.3, 0.4) is 0 Å². The van der Waals surface area contributed by atoms with E-state index < -0.39 is 26.0 Å². The molecule has 0 aliphatic rings. The lowest BCUT2D eigenvalue weighted by Gasteiger charge is -2.12. The van der Waals surface area contributed by atoms with Gasteiger partial charge in [0.1, 0.15) is 5.75 Å². The average molecular weight is 506 g/mol. The molecular formula is C21H23N5O6S2. The van der Waals surface area contributed by atoms with Gasteiger partial charge in [0.2, 0.25) is 5.95 Å². The van der Waals surface area contributed by atoms with Crippen molar-refractivity contribution in [2.75, 3.05) is 23.6 Å². The molecule has 11 nitrogen and oxygen atoms in total. The molecule has 3 N–H and O–H groups in total. The van der Waals surface area contributed by atoms with Crippen LogP contribution in [0.5, 0.6) is 5.75 Å². The second kappa shape index (κ2) is 9.65. The molecule has 0 aliphatic heterocycles. The van der Waals surface area contributed by atoms with E-state index in [0.717, 1.165) is 0 Å². The predicted octanol–water partition coefficient (Wildman–Crippen LogP) is 2.06. The largest absolute Gasteiger partial charge is 0.496 e. The summed E-state index contributed by atoms with van der Waals surface area (Å²) in [5.74, 6) is -0.356. The highest BCUT2D eigenvalue weighted by Gasteiger charge is 2.21. The van der Waals surface area contributed by atoms with E-state index in [1.807, 2.05) is 0 Å². The molecule has 2 aromatic carbocycles. The van der Waals surface area contributed by atoms with Crippen molar-refractivity contribution in [1.29, 1.82) is 0 Å². The van der Waals surface area contributed by atoms with Crippen molar-refractivity contribution in [1.82, 2.24) is 15.3 Å². The molecule has 0 spiro atoms. The summed E-state index contributed by atoms with van der Waals surface area (Å²) in [7, 11) is -5.29. The minimum absolute atomic E-state index is 0.0500. The highest BCUT2D eigenvalue weighted by molar-refractivity contribution is 7.93. The number of aromatic nitrogens is 2. The van der Waals surface area contributed by atoms with Gasteiger partial charge < -0.3 is 10.1 Å². The number of hydrogen-bond acceptors (Lipinski definition) is 8. The number of hydrogen-bond donors (Lipinski definition) is 3. The van der Waals surface area contributed by atoms with Crippen LogP contribution in [-0.4, -0.2) is 46.9 Å². The molecule has 1 heterocycles. The van der Waals surface area contributed by atoms with Crippen LogP contribution in [-0.2, 0) is 20.0 Å². The van der Waals surface area contributed by atoms with Gasteiger partial charge in [0.15, 0.2) is 0 Å². The molecule has 0 saturated carbocycles. The first-order valence-corrected chi connectivity index (χ1v) is 12.8. The van der Waals surface area contributed by atoms with Gasteiger partial charge in [-0.05, 0) is 62.4 Å². The Labute approximate surface area is 197 Å². The lowest BCUT2D eigenvalue weighted by atomic mass is 10.2. The molecule has 1 aromatic heterocycles. The Kier molecular flexibility index (Phi) is 7.07. The maximum Gasteiger partial charge on any atom is 0.264 e. The third kappa shape index (κ3) is 5.61. The molecule has 0 bridgehead atoms. The zero-order valence-corrected chi connectivity index (χ0v) is 20.4. The third-order valence-corrected chi connectivity index (χ3v) is 7.30. The number of aryl methyl sites for hydroxylation is 2. The van der Waals surface area contributed by atoms with E-state index >= 15 is 0 Å². The van der Waals surface area contributed by atoms with Gasteiger partial charge in [0.05, 0.1) is 22.5 Å². The molecule has 180 valence electrons. The highest BCUT2D eigenvalue weighted by atomic mass is 32.2. The standard InChI is InChI=1S/C21H23N5O6S2/c1-13-11-14(2)24-21(23-13)26-33(28,29)16-7-5-15(6-8-16)25-34(30,31)17-9-10-19(32-4)18(12-17)20(27)22-3/h5-12,25H,1-4H3,(H,22,27)(H,23,24,26). The molecule has 3 aromatic rings. The molecule has 0 aliphatic carbocycles. The predicted molar refractivity (Wildman–Crippen MR) is 126 cm³/mol. The molecule has 1 amide bonds. The number of carbonyl (C=O) groups is 1. The maximum atomic E-state index is 12.8. The van der Waals surface area contributed by atoms with Crippen molar-refractivity contribution in [3.8, 4) is 5.75 Å². The van der Waals surface area contributed by atoms with Crippen LogP contribution in [0.25, 0.3) is 0 Å². The molecular weight excluding hydrogens is 482 g/mol. The summed E-state index contributed by atoms with van der Waals surface area (Å²) in [5.41, 5.74) is 1.38. The van der Waals surface area contributed by atoms with E-state index in [-0.39, 0.29) is 32.7 Å². The number of benzene rings is 2. The topological polar surface area (TPSA) is 156 Å². The number of carbonyl (C=O) groups excluding carboxylic acids is 1. The Bertz CT molecular complexity index is 1420. The number of nitrogens with one attached hydrogen (secondary N) is 3. The lowest BCUT2D eigenvalue weighted by molar-refractivity contribution is 0.0960. The molecule has 34 heavy (non-hydrogen) atoms. The quantitative estimate of drug-likeness (QED) is 0.420. The van der Waals surface area contributed by atoms with E-state index in [4.69, 9.17) is 4.74 Å². The van der Waals surface area contributed by atoms with Gasteiger partial charge in [-0.1, -0.05) is 0 Å².